The number of hydrogen-bond acceptors (Lipinski definition) is 4. The fourth-order valence-corrected chi connectivity index (χ4v) is 1.89. The number of carbonyl (C=O) groups is 1. The Morgan fingerprint density at radius 2 is 2.05 bits per heavy atom. The zero-order valence-corrected chi connectivity index (χ0v) is 12.3. The Kier molecular flexibility index (Phi) is 6.64. The van der Waals surface area contributed by atoms with Crippen molar-refractivity contribution in [1.29, 1.82) is 0 Å². The van der Waals surface area contributed by atoms with E-state index in [1.54, 1.807) is 6.07 Å². The maximum atomic E-state index is 11.5. The number of nitrogens with one attached hydrogen (secondary N) is 2. The van der Waals surface area contributed by atoms with Gasteiger partial charge in [-0.2, -0.15) is 0 Å². The van der Waals surface area contributed by atoms with E-state index in [2.05, 4.69) is 24.1 Å². The van der Waals surface area contributed by atoms with E-state index in [0.29, 0.717) is 24.1 Å². The second-order valence-corrected chi connectivity index (χ2v) is 4.36. The molecule has 116 valence electrons. The number of H-pyrrole nitrogens is 1. The summed E-state index contributed by atoms with van der Waals surface area (Å²) in [5.41, 5.74) is 6.44. The number of imidazole rings is 1. The zero-order valence-electron chi connectivity index (χ0n) is 12.3. The van der Waals surface area contributed by atoms with Crippen LogP contribution in [0.25, 0.3) is 11.0 Å². The van der Waals surface area contributed by atoms with Gasteiger partial charge in [-0.05, 0) is 31.3 Å². The number of aromatic amines is 1. The Labute approximate surface area is 122 Å². The summed E-state index contributed by atoms with van der Waals surface area (Å²) in [5, 5.41) is 12.0. The summed E-state index contributed by atoms with van der Waals surface area (Å²) in [6, 6.07) is 4.49. The Bertz CT molecular complexity index is 643. The van der Waals surface area contributed by atoms with Crippen LogP contribution in [0.2, 0.25) is 0 Å². The fourth-order valence-electron chi connectivity index (χ4n) is 1.89. The molecule has 1 aromatic carbocycles. The highest BCUT2D eigenvalue weighted by Gasteiger charge is 2.09. The molecule has 0 aliphatic heterocycles. The molecule has 0 radical (unpaired) electrons. The Balaban J connectivity index is 0.000000383. The molecule has 0 amide bonds. The maximum absolute atomic E-state index is 11.5. The third kappa shape index (κ3) is 4.44. The number of nitrogens with zero attached hydrogens (tertiary/aromatic N) is 1. The number of benzene rings is 1. The Morgan fingerprint density at radius 3 is 2.52 bits per heavy atom. The number of rotatable bonds is 5. The summed E-state index contributed by atoms with van der Waals surface area (Å²) in [6.45, 7) is 7.08. The molecule has 1 aromatic heterocycles. The first-order valence-electron chi connectivity index (χ1n) is 6.91. The number of carboxylic acids is 1. The summed E-state index contributed by atoms with van der Waals surface area (Å²) in [6.07, 6.45) is 0. The van der Waals surface area contributed by atoms with E-state index >= 15 is 0 Å². The van der Waals surface area contributed by atoms with Crippen molar-refractivity contribution < 1.29 is 9.90 Å². The predicted octanol–water partition coefficient (Wildman–Crippen LogP) is 0.602. The van der Waals surface area contributed by atoms with Crippen molar-refractivity contribution in [2.45, 2.75) is 20.4 Å². The summed E-state index contributed by atoms with van der Waals surface area (Å²) < 4.78 is 1.43. The average Bonchev–Trinajstić information content (AvgIpc) is 2.76. The third-order valence-corrected chi connectivity index (χ3v) is 2.87. The van der Waals surface area contributed by atoms with E-state index in [1.165, 1.54) is 16.7 Å². The fraction of sp³-hybridized carbons (Fsp3) is 0.429. The molecule has 2 rings (SSSR count). The summed E-state index contributed by atoms with van der Waals surface area (Å²) in [5.74, 6) is -1.02. The predicted molar refractivity (Wildman–Crippen MR) is 82.8 cm³/mol. The molecule has 0 unspecified atom stereocenters. The van der Waals surface area contributed by atoms with Gasteiger partial charge in [0.25, 0.3) is 0 Å². The lowest BCUT2D eigenvalue weighted by Crippen LogP contribution is -2.21. The average molecular weight is 294 g/mol. The van der Waals surface area contributed by atoms with Crippen molar-refractivity contribution in [2.24, 2.45) is 5.73 Å². The SMILES string of the molecule is CCNCC.NCCn1c(=O)[nH]c2ccc(C(=O)O)cc21. The number of carboxylic acid groups (broad SMARTS) is 1. The molecule has 1 heterocycles. The number of nitrogens with two attached hydrogens (primary N) is 1. The van der Waals surface area contributed by atoms with Crippen LogP contribution in [0.1, 0.15) is 24.2 Å². The van der Waals surface area contributed by atoms with Gasteiger partial charge < -0.3 is 21.1 Å². The van der Waals surface area contributed by atoms with Crippen LogP contribution < -0.4 is 16.7 Å². The van der Waals surface area contributed by atoms with Crippen LogP contribution in [0.3, 0.4) is 0 Å². The van der Waals surface area contributed by atoms with Crippen LogP contribution in [0.5, 0.6) is 0 Å². The highest BCUT2D eigenvalue weighted by atomic mass is 16.4. The van der Waals surface area contributed by atoms with Crippen LogP contribution in [-0.4, -0.2) is 40.3 Å². The third-order valence-electron chi connectivity index (χ3n) is 2.87. The van der Waals surface area contributed by atoms with Gasteiger partial charge in [-0.25, -0.2) is 9.59 Å². The van der Waals surface area contributed by atoms with Gasteiger partial charge in [0.2, 0.25) is 0 Å². The first kappa shape index (κ1) is 16.9. The smallest absolute Gasteiger partial charge is 0.335 e. The monoisotopic (exact) mass is 294 g/mol. The molecule has 7 heteroatoms. The molecular weight excluding hydrogens is 272 g/mol. The van der Waals surface area contributed by atoms with Gasteiger partial charge in [0.05, 0.1) is 16.6 Å². The van der Waals surface area contributed by atoms with Crippen molar-refractivity contribution >= 4 is 17.0 Å². The molecule has 0 atom stereocenters. The maximum Gasteiger partial charge on any atom is 0.335 e. The minimum absolute atomic E-state index is 0.150. The van der Waals surface area contributed by atoms with E-state index in [-0.39, 0.29) is 11.3 Å². The molecule has 0 saturated carbocycles. The van der Waals surface area contributed by atoms with Crippen molar-refractivity contribution in [3.05, 3.63) is 34.2 Å². The van der Waals surface area contributed by atoms with Gasteiger partial charge in [0, 0.05) is 13.1 Å². The van der Waals surface area contributed by atoms with Crippen LogP contribution in [0, 0.1) is 0 Å². The van der Waals surface area contributed by atoms with Gasteiger partial charge in [-0.3, -0.25) is 4.57 Å². The summed E-state index contributed by atoms with van der Waals surface area (Å²) in [7, 11) is 0. The van der Waals surface area contributed by atoms with E-state index in [1.807, 2.05) is 0 Å². The molecular formula is C14H22N4O3. The second-order valence-electron chi connectivity index (χ2n) is 4.36. The highest BCUT2D eigenvalue weighted by Crippen LogP contribution is 2.12. The lowest BCUT2D eigenvalue weighted by molar-refractivity contribution is 0.0697. The molecule has 0 spiro atoms. The number of fused-ring (bicyclic) bond motifs is 1. The molecule has 21 heavy (non-hydrogen) atoms. The van der Waals surface area contributed by atoms with Crippen molar-refractivity contribution in [3.8, 4) is 0 Å². The lowest BCUT2D eigenvalue weighted by Gasteiger charge is -2.00. The molecule has 5 N–H and O–H groups in total. The lowest BCUT2D eigenvalue weighted by atomic mass is 10.2. The molecule has 0 aliphatic rings. The topological polar surface area (TPSA) is 113 Å². The van der Waals surface area contributed by atoms with E-state index in [4.69, 9.17) is 10.8 Å². The van der Waals surface area contributed by atoms with Gasteiger partial charge in [0.15, 0.2) is 0 Å². The standard InChI is InChI=1S/C10H11N3O3.C4H11N/c11-3-4-13-8-5-6(9(14)15)1-2-7(8)12-10(13)16;1-3-5-4-2/h1-2,5H,3-4,11H2,(H,12,16)(H,14,15);5H,3-4H2,1-2H3. The highest BCUT2D eigenvalue weighted by molar-refractivity contribution is 5.92. The van der Waals surface area contributed by atoms with E-state index in [0.717, 1.165) is 13.1 Å². The molecule has 7 nitrogen and oxygen atoms in total. The van der Waals surface area contributed by atoms with Gasteiger partial charge in [-0.15, -0.1) is 0 Å². The minimum atomic E-state index is -1.02. The van der Waals surface area contributed by atoms with Crippen LogP contribution >= 0.6 is 0 Å². The quantitative estimate of drug-likeness (QED) is 0.645. The Morgan fingerprint density at radius 1 is 1.38 bits per heavy atom. The largest absolute Gasteiger partial charge is 0.478 e. The zero-order chi connectivity index (χ0) is 15.8. The van der Waals surface area contributed by atoms with Crippen molar-refractivity contribution in [3.63, 3.8) is 0 Å². The van der Waals surface area contributed by atoms with Gasteiger partial charge >= 0.3 is 11.7 Å². The minimum Gasteiger partial charge on any atom is -0.478 e. The van der Waals surface area contributed by atoms with Crippen LogP contribution in [0.4, 0.5) is 0 Å². The first-order valence-corrected chi connectivity index (χ1v) is 6.91. The van der Waals surface area contributed by atoms with Crippen molar-refractivity contribution in [1.82, 2.24) is 14.9 Å². The first-order chi connectivity index (χ1) is 10.0. The number of aromatic nitrogens is 2. The van der Waals surface area contributed by atoms with Gasteiger partial charge in [0.1, 0.15) is 0 Å². The number of hydrogen-bond donors (Lipinski definition) is 4. The normalized spacial score (nSPS) is 10.2. The van der Waals surface area contributed by atoms with Crippen LogP contribution in [-0.2, 0) is 6.54 Å². The van der Waals surface area contributed by atoms with Crippen LogP contribution in [0.15, 0.2) is 23.0 Å². The van der Waals surface area contributed by atoms with Gasteiger partial charge in [-0.1, -0.05) is 13.8 Å². The molecule has 2 aromatic rings. The molecule has 0 bridgehead atoms. The molecule has 0 aliphatic carbocycles. The van der Waals surface area contributed by atoms with E-state index < -0.39 is 5.97 Å². The summed E-state index contributed by atoms with van der Waals surface area (Å²) in [4.78, 5) is 24.9. The Hall–Kier alpha value is -2.12. The molecule has 0 fully saturated rings. The van der Waals surface area contributed by atoms with Crippen molar-refractivity contribution in [2.75, 3.05) is 19.6 Å². The number of aromatic carboxylic acids is 1. The molecule has 0 saturated heterocycles. The summed E-state index contributed by atoms with van der Waals surface area (Å²) >= 11 is 0. The van der Waals surface area contributed by atoms with E-state index in [9.17, 15) is 9.59 Å². The second kappa shape index (κ2) is 8.23.